The van der Waals surface area contributed by atoms with Crippen LogP contribution in [0.1, 0.15) is 19.8 Å². The molecule has 0 aromatic heterocycles. The van der Waals surface area contributed by atoms with E-state index in [1.54, 1.807) is 0 Å². The highest BCUT2D eigenvalue weighted by Gasteiger charge is 2.15. The molecule has 1 rings (SSSR count). The minimum Gasteiger partial charge on any atom is -0.396 e. The summed E-state index contributed by atoms with van der Waals surface area (Å²) in [5, 5.41) is 12.5. The van der Waals surface area contributed by atoms with Crippen LogP contribution in [0.15, 0.2) is 0 Å². The van der Waals surface area contributed by atoms with E-state index in [9.17, 15) is 0 Å². The van der Waals surface area contributed by atoms with Crippen LogP contribution in [0.5, 0.6) is 0 Å². The van der Waals surface area contributed by atoms with Crippen molar-refractivity contribution in [1.29, 1.82) is 0 Å². The quantitative estimate of drug-likeness (QED) is 0.632. The molecule has 4 nitrogen and oxygen atoms in total. The van der Waals surface area contributed by atoms with Gasteiger partial charge in [0.05, 0.1) is 13.2 Å². The second-order valence-electron chi connectivity index (χ2n) is 4.08. The van der Waals surface area contributed by atoms with Crippen LogP contribution in [0.4, 0.5) is 0 Å². The standard InChI is InChI=1S/C11H24N2O2/c1-2-4-12-11(3-7-14)10-13-5-8-15-9-6-13/h11-12,14H,2-10H2,1H3. The third kappa shape index (κ3) is 5.47. The Bertz CT molecular complexity index is 150. The lowest BCUT2D eigenvalue weighted by atomic mass is 10.2. The molecule has 90 valence electrons. The predicted octanol–water partition coefficient (Wildman–Crippen LogP) is 0.0692. The number of aliphatic hydroxyl groups excluding tert-OH is 1. The van der Waals surface area contributed by atoms with Gasteiger partial charge in [0.1, 0.15) is 0 Å². The van der Waals surface area contributed by atoms with E-state index < -0.39 is 0 Å². The number of ether oxygens (including phenoxy) is 1. The fraction of sp³-hybridized carbons (Fsp3) is 1.00. The summed E-state index contributed by atoms with van der Waals surface area (Å²) in [4.78, 5) is 2.41. The lowest BCUT2D eigenvalue weighted by molar-refractivity contribution is 0.0322. The molecular weight excluding hydrogens is 192 g/mol. The van der Waals surface area contributed by atoms with Gasteiger partial charge in [0.2, 0.25) is 0 Å². The zero-order valence-electron chi connectivity index (χ0n) is 9.74. The summed E-state index contributed by atoms with van der Waals surface area (Å²) in [5.74, 6) is 0. The Balaban J connectivity index is 2.21. The Morgan fingerprint density at radius 1 is 1.40 bits per heavy atom. The first-order chi connectivity index (χ1) is 7.36. The molecule has 1 saturated heterocycles. The van der Waals surface area contributed by atoms with E-state index in [2.05, 4.69) is 17.1 Å². The number of nitrogens with one attached hydrogen (secondary N) is 1. The molecule has 2 N–H and O–H groups in total. The van der Waals surface area contributed by atoms with Crippen LogP contribution in [0.3, 0.4) is 0 Å². The van der Waals surface area contributed by atoms with Gasteiger partial charge < -0.3 is 15.2 Å². The van der Waals surface area contributed by atoms with E-state index in [-0.39, 0.29) is 6.61 Å². The Kier molecular flexibility index (Phi) is 6.92. The summed E-state index contributed by atoms with van der Waals surface area (Å²) in [7, 11) is 0. The molecule has 1 atom stereocenters. The summed E-state index contributed by atoms with van der Waals surface area (Å²) in [6.45, 7) is 8.24. The zero-order chi connectivity index (χ0) is 10.9. The number of nitrogens with zero attached hydrogens (tertiary/aromatic N) is 1. The van der Waals surface area contributed by atoms with Crippen molar-refractivity contribution in [3.05, 3.63) is 0 Å². The van der Waals surface area contributed by atoms with Crippen molar-refractivity contribution in [1.82, 2.24) is 10.2 Å². The van der Waals surface area contributed by atoms with Gasteiger partial charge in [0.15, 0.2) is 0 Å². The molecule has 1 heterocycles. The van der Waals surface area contributed by atoms with Gasteiger partial charge in [-0.15, -0.1) is 0 Å². The third-order valence-electron chi connectivity index (χ3n) is 2.74. The maximum atomic E-state index is 8.98. The average molecular weight is 216 g/mol. The molecule has 4 heteroatoms. The SMILES string of the molecule is CCCNC(CCO)CN1CCOCC1. The van der Waals surface area contributed by atoms with Gasteiger partial charge in [-0.1, -0.05) is 6.92 Å². The van der Waals surface area contributed by atoms with Gasteiger partial charge in [0.25, 0.3) is 0 Å². The minimum atomic E-state index is 0.270. The normalized spacial score (nSPS) is 20.4. The van der Waals surface area contributed by atoms with Crippen LogP contribution in [0.2, 0.25) is 0 Å². The first kappa shape index (κ1) is 12.9. The maximum absolute atomic E-state index is 8.98. The van der Waals surface area contributed by atoms with E-state index in [1.165, 1.54) is 0 Å². The molecule has 1 unspecified atom stereocenters. The summed E-state index contributed by atoms with van der Waals surface area (Å²) in [6.07, 6.45) is 1.99. The molecule has 0 amide bonds. The van der Waals surface area contributed by atoms with Gasteiger partial charge in [0, 0.05) is 32.3 Å². The minimum absolute atomic E-state index is 0.270. The topological polar surface area (TPSA) is 44.7 Å². The molecule has 0 aliphatic carbocycles. The third-order valence-corrected chi connectivity index (χ3v) is 2.74. The molecule has 0 radical (unpaired) electrons. The van der Waals surface area contributed by atoms with Crippen LogP contribution in [0, 0.1) is 0 Å². The summed E-state index contributed by atoms with van der Waals surface area (Å²) >= 11 is 0. The van der Waals surface area contributed by atoms with Crippen molar-refractivity contribution in [3.63, 3.8) is 0 Å². The second kappa shape index (κ2) is 8.05. The fourth-order valence-corrected chi connectivity index (χ4v) is 1.86. The number of morpholine rings is 1. The molecule has 1 aliphatic rings. The molecule has 15 heavy (non-hydrogen) atoms. The van der Waals surface area contributed by atoms with Crippen molar-refractivity contribution >= 4 is 0 Å². The highest BCUT2D eigenvalue weighted by molar-refractivity contribution is 4.73. The van der Waals surface area contributed by atoms with Gasteiger partial charge in [-0.25, -0.2) is 0 Å². The Morgan fingerprint density at radius 3 is 2.73 bits per heavy atom. The smallest absolute Gasteiger partial charge is 0.0594 e. The number of hydrogen-bond acceptors (Lipinski definition) is 4. The maximum Gasteiger partial charge on any atom is 0.0594 e. The van der Waals surface area contributed by atoms with Gasteiger partial charge in [-0.3, -0.25) is 4.90 Å². The number of hydrogen-bond donors (Lipinski definition) is 2. The number of aliphatic hydroxyl groups is 1. The first-order valence-corrected chi connectivity index (χ1v) is 6.01. The van der Waals surface area contributed by atoms with Crippen molar-refractivity contribution in [2.45, 2.75) is 25.8 Å². The van der Waals surface area contributed by atoms with E-state index >= 15 is 0 Å². The van der Waals surface area contributed by atoms with Crippen molar-refractivity contribution in [3.8, 4) is 0 Å². The summed E-state index contributed by atoms with van der Waals surface area (Å²) in [6, 6.07) is 0.424. The van der Waals surface area contributed by atoms with Gasteiger partial charge >= 0.3 is 0 Å². The van der Waals surface area contributed by atoms with Gasteiger partial charge in [-0.2, -0.15) is 0 Å². The van der Waals surface area contributed by atoms with Crippen LogP contribution >= 0.6 is 0 Å². The lowest BCUT2D eigenvalue weighted by Gasteiger charge is -2.30. The lowest BCUT2D eigenvalue weighted by Crippen LogP contribution is -2.46. The average Bonchev–Trinajstić information content (AvgIpc) is 2.28. The Hall–Kier alpha value is -0.160. The molecule has 0 bridgehead atoms. The van der Waals surface area contributed by atoms with Crippen molar-refractivity contribution < 1.29 is 9.84 Å². The van der Waals surface area contributed by atoms with Crippen LogP contribution in [0.25, 0.3) is 0 Å². The number of rotatable bonds is 7. The Morgan fingerprint density at radius 2 is 2.13 bits per heavy atom. The Labute approximate surface area is 92.6 Å². The first-order valence-electron chi connectivity index (χ1n) is 6.01. The molecular formula is C11H24N2O2. The van der Waals surface area contributed by atoms with Gasteiger partial charge in [-0.05, 0) is 19.4 Å². The largest absolute Gasteiger partial charge is 0.396 e. The van der Waals surface area contributed by atoms with Crippen molar-refractivity contribution in [2.75, 3.05) is 46.0 Å². The van der Waals surface area contributed by atoms with Crippen LogP contribution in [-0.2, 0) is 4.74 Å². The molecule has 0 aromatic rings. The monoisotopic (exact) mass is 216 g/mol. The molecule has 0 saturated carbocycles. The van der Waals surface area contributed by atoms with Crippen molar-refractivity contribution in [2.24, 2.45) is 0 Å². The fourth-order valence-electron chi connectivity index (χ4n) is 1.86. The molecule has 0 spiro atoms. The van der Waals surface area contributed by atoms with E-state index in [1.807, 2.05) is 0 Å². The molecule has 1 aliphatic heterocycles. The molecule has 0 aromatic carbocycles. The van der Waals surface area contributed by atoms with Crippen LogP contribution in [-0.4, -0.2) is 62.0 Å². The van der Waals surface area contributed by atoms with E-state index in [0.29, 0.717) is 6.04 Å². The molecule has 1 fully saturated rings. The van der Waals surface area contributed by atoms with E-state index in [4.69, 9.17) is 9.84 Å². The summed E-state index contributed by atoms with van der Waals surface area (Å²) in [5.41, 5.74) is 0. The summed E-state index contributed by atoms with van der Waals surface area (Å²) < 4.78 is 5.31. The van der Waals surface area contributed by atoms with E-state index in [0.717, 1.165) is 52.2 Å². The predicted molar refractivity (Wildman–Crippen MR) is 61.0 cm³/mol. The second-order valence-corrected chi connectivity index (χ2v) is 4.08. The zero-order valence-corrected chi connectivity index (χ0v) is 9.74. The highest BCUT2D eigenvalue weighted by Crippen LogP contribution is 2.01. The highest BCUT2D eigenvalue weighted by atomic mass is 16.5. The van der Waals surface area contributed by atoms with Crippen LogP contribution < -0.4 is 5.32 Å².